The molecule has 0 atom stereocenters. The fourth-order valence-corrected chi connectivity index (χ4v) is 2.90. The summed E-state index contributed by atoms with van der Waals surface area (Å²) < 4.78 is 11.2. The summed E-state index contributed by atoms with van der Waals surface area (Å²) in [5.41, 5.74) is 3.16. The molecule has 0 saturated carbocycles. The van der Waals surface area contributed by atoms with Crippen LogP contribution >= 0.6 is 11.6 Å². The first-order chi connectivity index (χ1) is 15.4. The summed E-state index contributed by atoms with van der Waals surface area (Å²) in [4.78, 5) is 20.6. The Morgan fingerprint density at radius 2 is 1.81 bits per heavy atom. The number of hydrogen-bond donors (Lipinski definition) is 1. The third kappa shape index (κ3) is 5.49. The average molecular weight is 457 g/mol. The number of non-ortho nitro benzene ring substituents is 1. The lowest BCUT2D eigenvalue weighted by Gasteiger charge is -2.12. The molecule has 0 unspecified atom stereocenters. The number of ether oxygens (including phenoxy) is 2. The van der Waals surface area contributed by atoms with E-state index in [9.17, 15) is 20.2 Å². The topological polar surface area (TPSA) is 129 Å². The molecule has 0 aliphatic heterocycles. The first-order valence-corrected chi connectivity index (χ1v) is 9.53. The molecule has 0 amide bonds. The number of nitro benzene ring substituents is 2. The van der Waals surface area contributed by atoms with Gasteiger partial charge in [0.05, 0.1) is 29.2 Å². The van der Waals surface area contributed by atoms with Crippen LogP contribution in [0.25, 0.3) is 0 Å². The van der Waals surface area contributed by atoms with Gasteiger partial charge >= 0.3 is 5.69 Å². The van der Waals surface area contributed by atoms with E-state index in [1.54, 1.807) is 24.3 Å². The van der Waals surface area contributed by atoms with Gasteiger partial charge < -0.3 is 9.47 Å². The number of halogens is 1. The van der Waals surface area contributed by atoms with Crippen LogP contribution in [0.1, 0.15) is 11.1 Å². The number of benzene rings is 3. The summed E-state index contributed by atoms with van der Waals surface area (Å²) in [6.07, 6.45) is 1.42. The van der Waals surface area contributed by atoms with Gasteiger partial charge in [0.2, 0.25) is 0 Å². The van der Waals surface area contributed by atoms with Gasteiger partial charge in [0.1, 0.15) is 12.3 Å². The van der Waals surface area contributed by atoms with Gasteiger partial charge in [-0.3, -0.25) is 25.7 Å². The Hall–Kier alpha value is -4.18. The molecule has 0 heterocycles. The van der Waals surface area contributed by atoms with E-state index in [-0.39, 0.29) is 18.0 Å². The largest absolute Gasteiger partial charge is 0.493 e. The van der Waals surface area contributed by atoms with Crippen LogP contribution in [-0.4, -0.2) is 23.2 Å². The van der Waals surface area contributed by atoms with Crippen molar-refractivity contribution in [3.8, 4) is 11.5 Å². The smallest absolute Gasteiger partial charge is 0.301 e. The molecule has 3 aromatic carbocycles. The van der Waals surface area contributed by atoms with Crippen molar-refractivity contribution in [1.29, 1.82) is 0 Å². The van der Waals surface area contributed by atoms with Crippen molar-refractivity contribution >= 4 is 34.9 Å². The molecule has 0 bridgehead atoms. The summed E-state index contributed by atoms with van der Waals surface area (Å²) in [5, 5.41) is 26.6. The lowest BCUT2D eigenvalue weighted by atomic mass is 10.2. The molecule has 0 saturated heterocycles. The van der Waals surface area contributed by atoms with Crippen LogP contribution in [0, 0.1) is 20.2 Å². The molecule has 3 aromatic rings. The van der Waals surface area contributed by atoms with Crippen molar-refractivity contribution in [3.63, 3.8) is 0 Å². The SMILES string of the molecule is COc1cc(/C=N\Nc2ccc([N+](=O)[O-])cc2[N+](=O)[O-])ccc1OCc1ccccc1Cl. The number of nitrogens with zero attached hydrogens (tertiary/aromatic N) is 3. The molecule has 164 valence electrons. The standard InChI is InChI=1S/C21H17ClN4O6/c1-31-21-10-14(6-9-20(21)32-13-15-4-2-3-5-17(15)22)12-23-24-18-8-7-16(25(27)28)11-19(18)26(29)30/h2-12,24H,13H2,1H3/b23-12-. The van der Waals surface area contributed by atoms with Crippen molar-refractivity contribution in [1.82, 2.24) is 0 Å². The maximum absolute atomic E-state index is 11.2. The number of hydrazone groups is 1. The number of anilines is 1. The molecule has 0 aromatic heterocycles. The van der Waals surface area contributed by atoms with Gasteiger partial charge in [-0.05, 0) is 35.9 Å². The molecule has 0 spiro atoms. The van der Waals surface area contributed by atoms with Crippen LogP contribution in [0.4, 0.5) is 17.1 Å². The normalized spacial score (nSPS) is 10.7. The number of methoxy groups -OCH3 is 1. The van der Waals surface area contributed by atoms with Gasteiger partial charge in [-0.2, -0.15) is 5.10 Å². The molecule has 10 nitrogen and oxygen atoms in total. The van der Waals surface area contributed by atoms with Crippen LogP contribution in [0.3, 0.4) is 0 Å². The van der Waals surface area contributed by atoms with Gasteiger partial charge in [-0.25, -0.2) is 0 Å². The lowest BCUT2D eigenvalue weighted by Crippen LogP contribution is -2.00. The molecule has 11 heteroatoms. The van der Waals surface area contributed by atoms with E-state index in [2.05, 4.69) is 10.5 Å². The predicted molar refractivity (Wildman–Crippen MR) is 120 cm³/mol. The summed E-state index contributed by atoms with van der Waals surface area (Å²) in [6, 6.07) is 15.7. The molecule has 1 N–H and O–H groups in total. The number of nitro groups is 2. The first-order valence-electron chi connectivity index (χ1n) is 9.15. The van der Waals surface area contributed by atoms with Gasteiger partial charge in [-0.15, -0.1) is 0 Å². The van der Waals surface area contributed by atoms with E-state index in [4.69, 9.17) is 21.1 Å². The van der Waals surface area contributed by atoms with Crippen LogP contribution in [0.15, 0.2) is 65.8 Å². The zero-order valence-corrected chi connectivity index (χ0v) is 17.5. The van der Waals surface area contributed by atoms with E-state index in [0.29, 0.717) is 22.1 Å². The summed E-state index contributed by atoms with van der Waals surface area (Å²) >= 11 is 6.14. The molecule has 0 fully saturated rings. The van der Waals surface area contributed by atoms with Crippen LogP contribution in [0.2, 0.25) is 5.02 Å². The van der Waals surface area contributed by atoms with E-state index in [0.717, 1.165) is 17.7 Å². The number of rotatable bonds is 9. The number of hydrogen-bond acceptors (Lipinski definition) is 8. The zero-order valence-electron chi connectivity index (χ0n) is 16.7. The highest BCUT2D eigenvalue weighted by Gasteiger charge is 2.19. The number of nitrogens with one attached hydrogen (secondary N) is 1. The highest BCUT2D eigenvalue weighted by atomic mass is 35.5. The molecule has 0 aliphatic carbocycles. The Morgan fingerprint density at radius 1 is 1.03 bits per heavy atom. The predicted octanol–water partition coefficient (Wildman–Crippen LogP) is 5.19. The fourth-order valence-electron chi connectivity index (χ4n) is 2.71. The maximum atomic E-state index is 11.2. The third-order valence-corrected chi connectivity index (χ3v) is 4.68. The van der Waals surface area contributed by atoms with Crippen molar-refractivity contribution in [2.75, 3.05) is 12.5 Å². The molecule has 0 aliphatic rings. The summed E-state index contributed by atoms with van der Waals surface area (Å²) in [5.74, 6) is 0.964. The van der Waals surface area contributed by atoms with Crippen molar-refractivity contribution < 1.29 is 19.3 Å². The Kier molecular flexibility index (Phi) is 7.19. The monoisotopic (exact) mass is 456 g/mol. The minimum Gasteiger partial charge on any atom is -0.493 e. The highest BCUT2D eigenvalue weighted by molar-refractivity contribution is 6.31. The van der Waals surface area contributed by atoms with E-state index >= 15 is 0 Å². The molecule has 0 radical (unpaired) electrons. The molecule has 32 heavy (non-hydrogen) atoms. The van der Waals surface area contributed by atoms with Gasteiger partial charge in [0.25, 0.3) is 5.69 Å². The summed E-state index contributed by atoms with van der Waals surface area (Å²) in [7, 11) is 1.50. The third-order valence-electron chi connectivity index (χ3n) is 4.32. The zero-order chi connectivity index (χ0) is 23.1. The minimum atomic E-state index is -0.723. The van der Waals surface area contributed by atoms with E-state index < -0.39 is 15.5 Å². The Morgan fingerprint density at radius 3 is 2.50 bits per heavy atom. The lowest BCUT2D eigenvalue weighted by molar-refractivity contribution is -0.393. The highest BCUT2D eigenvalue weighted by Crippen LogP contribution is 2.30. The Bertz CT molecular complexity index is 1180. The second-order valence-electron chi connectivity index (χ2n) is 6.38. The molecular weight excluding hydrogens is 440 g/mol. The minimum absolute atomic E-state index is 0.0171. The molecular formula is C21H17ClN4O6. The second-order valence-corrected chi connectivity index (χ2v) is 6.78. The van der Waals surface area contributed by atoms with Crippen LogP contribution < -0.4 is 14.9 Å². The van der Waals surface area contributed by atoms with Crippen molar-refractivity contribution in [2.45, 2.75) is 6.61 Å². The van der Waals surface area contributed by atoms with Gasteiger partial charge in [-0.1, -0.05) is 29.8 Å². The maximum Gasteiger partial charge on any atom is 0.301 e. The second kappa shape index (κ2) is 10.2. The quantitative estimate of drug-likeness (QED) is 0.266. The fraction of sp³-hybridized carbons (Fsp3) is 0.0952. The van der Waals surface area contributed by atoms with Crippen LogP contribution in [-0.2, 0) is 6.61 Å². The summed E-state index contributed by atoms with van der Waals surface area (Å²) in [6.45, 7) is 0.259. The van der Waals surface area contributed by atoms with E-state index in [1.165, 1.54) is 19.4 Å². The van der Waals surface area contributed by atoms with Crippen molar-refractivity contribution in [3.05, 3.63) is 97.0 Å². The Balaban J connectivity index is 1.72. The average Bonchev–Trinajstić information content (AvgIpc) is 2.78. The van der Waals surface area contributed by atoms with Gasteiger partial charge in [0, 0.05) is 16.7 Å². The molecule has 3 rings (SSSR count). The Labute approximate surface area is 187 Å². The van der Waals surface area contributed by atoms with Crippen LogP contribution in [0.5, 0.6) is 11.5 Å². The van der Waals surface area contributed by atoms with Gasteiger partial charge in [0.15, 0.2) is 11.5 Å². The van der Waals surface area contributed by atoms with Crippen molar-refractivity contribution in [2.24, 2.45) is 5.10 Å². The van der Waals surface area contributed by atoms with E-state index in [1.807, 2.05) is 18.2 Å². The first kappa shape index (κ1) is 22.5.